The molecule has 0 aromatic heterocycles. The Morgan fingerprint density at radius 2 is 1.46 bits per heavy atom. The molecule has 0 aliphatic heterocycles. The van der Waals surface area contributed by atoms with Crippen LogP contribution in [0.5, 0.6) is 0 Å². The predicted octanol–water partition coefficient (Wildman–Crippen LogP) is 2.87. The van der Waals surface area contributed by atoms with Gasteiger partial charge in [0.25, 0.3) is 5.69 Å². The van der Waals surface area contributed by atoms with Crippen LogP contribution in [-0.2, 0) is 37.7 Å². The normalized spacial score (nSPS) is 13.2. The number of Topliss-reactive ketones (excluding diaryl/α,β-unsaturated/α-hetero) is 1. The first-order valence-electron chi connectivity index (χ1n) is 10.5. The fourth-order valence-electron chi connectivity index (χ4n) is 3.38. The fraction of sp³-hybridized carbons (Fsp3) is 0.348. The lowest BCUT2D eigenvalue weighted by Gasteiger charge is -2.12. The molecule has 0 unspecified atom stereocenters. The highest BCUT2D eigenvalue weighted by molar-refractivity contribution is 7.89. The number of nitrogens with zero attached hydrogens (tertiary/aromatic N) is 3. The predicted molar refractivity (Wildman–Crippen MR) is 133 cm³/mol. The molecule has 3 rings (SSSR count). The van der Waals surface area contributed by atoms with E-state index in [2.05, 4.69) is 6.92 Å². The van der Waals surface area contributed by atoms with Crippen molar-refractivity contribution in [1.82, 2.24) is 8.61 Å². The largest absolute Gasteiger partial charge is 0.300 e. The van der Waals surface area contributed by atoms with Crippen molar-refractivity contribution in [2.45, 2.75) is 36.5 Å². The van der Waals surface area contributed by atoms with Gasteiger partial charge in [-0.05, 0) is 55.7 Å². The molecule has 0 atom stereocenters. The van der Waals surface area contributed by atoms with E-state index in [1.54, 1.807) is 26.2 Å². The maximum Gasteiger partial charge on any atom is 0.273 e. The van der Waals surface area contributed by atoms with Crippen molar-refractivity contribution in [2.24, 2.45) is 0 Å². The minimum Gasteiger partial charge on any atom is -0.300 e. The number of allylic oxidation sites excluding steroid dienone is 1. The Hall–Kier alpha value is -2.93. The van der Waals surface area contributed by atoms with Crippen LogP contribution in [0.25, 0.3) is 6.08 Å². The summed E-state index contributed by atoms with van der Waals surface area (Å²) < 4.78 is 49.9. The zero-order valence-electron chi connectivity index (χ0n) is 20.5. The van der Waals surface area contributed by atoms with Crippen molar-refractivity contribution in [3.05, 3.63) is 68.8 Å². The summed E-state index contributed by atoms with van der Waals surface area (Å²) in [5, 5.41) is 10.8. The van der Waals surface area contributed by atoms with Gasteiger partial charge >= 0.3 is 0 Å². The molecule has 1 aliphatic carbocycles. The molecule has 0 radical (unpaired) electrons. The Kier molecular flexibility index (Phi) is 8.71. The number of benzene rings is 2. The van der Waals surface area contributed by atoms with Gasteiger partial charge in [0.1, 0.15) is 5.78 Å². The van der Waals surface area contributed by atoms with Crippen LogP contribution in [0, 0.1) is 10.1 Å². The highest BCUT2D eigenvalue weighted by Gasteiger charge is 2.23. The standard InChI is InChI=1S/C12H15NO2S.C11H14N2O5S/c1-9-6-10-4-5-12(8-11(10)7-9)16(14,15)13(2)3;1-8(14)6-9-7-10(19(17,18)12(2)3)4-5-11(9)13(15)16/h4-5,7-8H,6H2,1-3H3;4-5,7H,6H2,1-3H3. The van der Waals surface area contributed by atoms with E-state index in [4.69, 9.17) is 0 Å². The molecule has 0 N–H and O–H groups in total. The second kappa shape index (κ2) is 10.8. The van der Waals surface area contributed by atoms with Gasteiger partial charge < -0.3 is 0 Å². The molecule has 1 aliphatic rings. The minimum atomic E-state index is -3.68. The summed E-state index contributed by atoms with van der Waals surface area (Å²) in [5.74, 6) is -0.275. The summed E-state index contributed by atoms with van der Waals surface area (Å²) in [7, 11) is -1.17. The molecule has 10 nitrogen and oxygen atoms in total. The third kappa shape index (κ3) is 6.60. The van der Waals surface area contributed by atoms with E-state index in [0.717, 1.165) is 28.4 Å². The molecule has 0 heterocycles. The number of sulfonamides is 2. The van der Waals surface area contributed by atoms with Crippen LogP contribution in [0.2, 0.25) is 0 Å². The molecule has 35 heavy (non-hydrogen) atoms. The lowest BCUT2D eigenvalue weighted by molar-refractivity contribution is -0.385. The van der Waals surface area contributed by atoms with Gasteiger partial charge in [-0.1, -0.05) is 17.7 Å². The van der Waals surface area contributed by atoms with Gasteiger partial charge in [0, 0.05) is 46.2 Å². The molecule has 12 heteroatoms. The van der Waals surface area contributed by atoms with Crippen molar-refractivity contribution in [1.29, 1.82) is 0 Å². The molecule has 190 valence electrons. The van der Waals surface area contributed by atoms with E-state index in [-0.39, 0.29) is 28.4 Å². The first-order chi connectivity index (χ1) is 16.1. The summed E-state index contributed by atoms with van der Waals surface area (Å²) in [5.41, 5.74) is 3.35. The average molecular weight is 524 g/mol. The van der Waals surface area contributed by atoms with Crippen LogP contribution in [0.1, 0.15) is 30.5 Å². The van der Waals surface area contributed by atoms with E-state index < -0.39 is 25.0 Å². The highest BCUT2D eigenvalue weighted by Crippen LogP contribution is 2.28. The third-order valence-corrected chi connectivity index (χ3v) is 8.85. The van der Waals surface area contributed by atoms with E-state index in [1.165, 1.54) is 42.5 Å². The summed E-state index contributed by atoms with van der Waals surface area (Å²) in [6.07, 6.45) is 2.80. The molecule has 2 aromatic carbocycles. The fourth-order valence-corrected chi connectivity index (χ4v) is 5.27. The number of rotatable bonds is 7. The second-order valence-corrected chi connectivity index (χ2v) is 12.8. The van der Waals surface area contributed by atoms with E-state index in [1.807, 2.05) is 12.1 Å². The number of ketones is 1. The number of hydrogen-bond donors (Lipinski definition) is 0. The number of carbonyl (C=O) groups excluding carboxylic acids is 1. The second-order valence-electron chi connectivity index (χ2n) is 8.53. The van der Waals surface area contributed by atoms with Gasteiger partial charge in [0.2, 0.25) is 20.0 Å². The highest BCUT2D eigenvalue weighted by atomic mass is 32.2. The van der Waals surface area contributed by atoms with E-state index in [0.29, 0.717) is 4.90 Å². The maximum atomic E-state index is 11.9. The Balaban J connectivity index is 0.000000250. The molecule has 0 bridgehead atoms. The van der Waals surface area contributed by atoms with Crippen LogP contribution >= 0.6 is 0 Å². The van der Waals surface area contributed by atoms with Crippen LogP contribution < -0.4 is 0 Å². The quantitative estimate of drug-likeness (QED) is 0.402. The lowest BCUT2D eigenvalue weighted by Crippen LogP contribution is -2.22. The van der Waals surface area contributed by atoms with Crippen LogP contribution in [-0.4, -0.2) is 64.3 Å². The van der Waals surface area contributed by atoms with Gasteiger partial charge in [0.05, 0.1) is 14.7 Å². The van der Waals surface area contributed by atoms with E-state index in [9.17, 15) is 31.7 Å². The van der Waals surface area contributed by atoms with E-state index >= 15 is 0 Å². The first kappa shape index (κ1) is 28.3. The Morgan fingerprint density at radius 3 is 1.94 bits per heavy atom. The average Bonchev–Trinajstić information content (AvgIpc) is 3.12. The monoisotopic (exact) mass is 523 g/mol. The summed E-state index contributed by atoms with van der Waals surface area (Å²) >= 11 is 0. The van der Waals surface area contributed by atoms with Crippen molar-refractivity contribution >= 4 is 37.6 Å². The Bertz CT molecular complexity index is 1390. The molecule has 0 spiro atoms. The van der Waals surface area contributed by atoms with Crippen LogP contribution in [0.3, 0.4) is 0 Å². The molecule has 0 saturated heterocycles. The smallest absolute Gasteiger partial charge is 0.273 e. The van der Waals surface area contributed by atoms with Gasteiger partial charge in [-0.25, -0.2) is 25.4 Å². The number of carbonyl (C=O) groups is 1. The molecule has 0 amide bonds. The number of hydrogen-bond acceptors (Lipinski definition) is 7. The zero-order valence-corrected chi connectivity index (χ0v) is 22.1. The van der Waals surface area contributed by atoms with Crippen LogP contribution in [0.15, 0.2) is 51.8 Å². The van der Waals surface area contributed by atoms with Crippen molar-refractivity contribution in [3.8, 4) is 0 Å². The minimum absolute atomic E-state index is 0.0700. The van der Waals surface area contributed by atoms with Gasteiger partial charge in [0.15, 0.2) is 0 Å². The van der Waals surface area contributed by atoms with Crippen molar-refractivity contribution in [3.63, 3.8) is 0 Å². The molecule has 2 aromatic rings. The maximum absolute atomic E-state index is 11.9. The summed E-state index contributed by atoms with van der Waals surface area (Å²) in [6, 6.07) is 8.78. The molecular formula is C23H29N3O7S2. The zero-order chi connectivity index (χ0) is 26.7. The summed E-state index contributed by atoms with van der Waals surface area (Å²) in [4.78, 5) is 21.6. The first-order valence-corrected chi connectivity index (χ1v) is 13.4. The molecule has 0 saturated carbocycles. The van der Waals surface area contributed by atoms with Crippen LogP contribution in [0.4, 0.5) is 5.69 Å². The van der Waals surface area contributed by atoms with Gasteiger partial charge in [-0.2, -0.15) is 0 Å². The third-order valence-electron chi connectivity index (χ3n) is 5.23. The SMILES string of the molecule is CC(=O)Cc1cc(S(=O)(=O)N(C)C)ccc1[N+](=O)[O-].CC1=Cc2cc(S(=O)(=O)N(C)C)ccc2C1. The Morgan fingerprint density at radius 1 is 0.943 bits per heavy atom. The Labute approximate surface area is 206 Å². The molecule has 0 fully saturated rings. The molecular weight excluding hydrogens is 494 g/mol. The number of nitro groups is 1. The van der Waals surface area contributed by atoms with Crippen molar-refractivity contribution < 1.29 is 26.6 Å². The topological polar surface area (TPSA) is 135 Å². The van der Waals surface area contributed by atoms with Crippen molar-refractivity contribution in [2.75, 3.05) is 28.2 Å². The van der Waals surface area contributed by atoms with Gasteiger partial charge in [-0.3, -0.25) is 14.9 Å². The van der Waals surface area contributed by atoms with Gasteiger partial charge in [-0.15, -0.1) is 0 Å². The number of nitro benzene ring substituents is 1. The number of fused-ring (bicyclic) bond motifs is 1. The lowest BCUT2D eigenvalue weighted by atomic mass is 10.1. The summed E-state index contributed by atoms with van der Waals surface area (Å²) in [6.45, 7) is 3.34.